The molecule has 0 aliphatic carbocycles. The van der Waals surface area contributed by atoms with E-state index in [2.05, 4.69) is 81.5 Å². The Morgan fingerprint density at radius 3 is 1.18 bits per heavy atom. The van der Waals surface area contributed by atoms with E-state index < -0.39 is 6.10 Å². The SMILES string of the molecule is CCC/C=C\C/C=C\CCCCCCCCOCC(COC(=O)CCCCCCCCC/C=C\C/C=C\CCCCC)OC(=O)CCCCCCC/C=C\CCCCCCCC. The van der Waals surface area contributed by atoms with Crippen LogP contribution < -0.4 is 0 Å². The van der Waals surface area contributed by atoms with E-state index in [0.29, 0.717) is 19.4 Å². The number of hydrogen-bond acceptors (Lipinski definition) is 5. The highest BCUT2D eigenvalue weighted by Gasteiger charge is 2.17. The molecule has 5 heteroatoms. The van der Waals surface area contributed by atoms with Crippen molar-refractivity contribution in [1.29, 1.82) is 0 Å². The molecular weight excluding hydrogens is 765 g/mol. The average Bonchev–Trinajstić information content (AvgIpc) is 3.27. The Labute approximate surface area is 385 Å². The molecule has 0 saturated carbocycles. The van der Waals surface area contributed by atoms with E-state index >= 15 is 0 Å². The Bertz CT molecular complexity index is 1070. The second-order valence-electron chi connectivity index (χ2n) is 17.8. The summed E-state index contributed by atoms with van der Waals surface area (Å²) in [6.07, 6.45) is 66.5. The van der Waals surface area contributed by atoms with Crippen LogP contribution in [-0.2, 0) is 23.8 Å². The van der Waals surface area contributed by atoms with Gasteiger partial charge in [0.15, 0.2) is 6.10 Å². The van der Waals surface area contributed by atoms with E-state index in [-0.39, 0.29) is 25.2 Å². The lowest BCUT2D eigenvalue weighted by molar-refractivity contribution is -0.163. The van der Waals surface area contributed by atoms with Crippen LogP contribution in [0.25, 0.3) is 0 Å². The quantitative estimate of drug-likeness (QED) is 0.0346. The first kappa shape index (κ1) is 59.6. The topological polar surface area (TPSA) is 61.8 Å². The van der Waals surface area contributed by atoms with E-state index in [1.807, 2.05) is 0 Å². The number of rotatable bonds is 49. The fraction of sp³-hybridized carbons (Fsp3) is 0.789. The second-order valence-corrected chi connectivity index (χ2v) is 17.8. The number of carbonyl (C=O) groups is 2. The Balaban J connectivity index is 4.29. The lowest BCUT2D eigenvalue weighted by atomic mass is 10.1. The zero-order valence-corrected chi connectivity index (χ0v) is 41.4. The molecule has 0 heterocycles. The summed E-state index contributed by atoms with van der Waals surface area (Å²) in [5.74, 6) is -0.415. The number of ether oxygens (including phenoxy) is 3. The van der Waals surface area contributed by atoms with Gasteiger partial charge in [-0.05, 0) is 103 Å². The highest BCUT2D eigenvalue weighted by molar-refractivity contribution is 5.70. The van der Waals surface area contributed by atoms with Crippen molar-refractivity contribution in [3.63, 3.8) is 0 Å². The lowest BCUT2D eigenvalue weighted by Crippen LogP contribution is -2.30. The maximum absolute atomic E-state index is 12.8. The van der Waals surface area contributed by atoms with E-state index in [1.54, 1.807) is 0 Å². The smallest absolute Gasteiger partial charge is 0.306 e. The van der Waals surface area contributed by atoms with Crippen molar-refractivity contribution in [3.8, 4) is 0 Å². The van der Waals surface area contributed by atoms with Crippen molar-refractivity contribution in [2.24, 2.45) is 0 Å². The molecule has 0 aromatic carbocycles. The van der Waals surface area contributed by atoms with Crippen molar-refractivity contribution in [2.75, 3.05) is 19.8 Å². The number of hydrogen-bond donors (Lipinski definition) is 0. The van der Waals surface area contributed by atoms with Gasteiger partial charge in [0.2, 0.25) is 0 Å². The average molecular weight is 867 g/mol. The van der Waals surface area contributed by atoms with E-state index in [4.69, 9.17) is 14.2 Å². The summed E-state index contributed by atoms with van der Waals surface area (Å²) >= 11 is 0. The molecule has 0 rings (SSSR count). The van der Waals surface area contributed by atoms with Crippen LogP contribution in [0.4, 0.5) is 0 Å². The minimum atomic E-state index is -0.549. The molecule has 0 radical (unpaired) electrons. The molecule has 1 unspecified atom stereocenters. The summed E-state index contributed by atoms with van der Waals surface area (Å²) in [6, 6.07) is 0. The summed E-state index contributed by atoms with van der Waals surface area (Å²) in [5.41, 5.74) is 0. The predicted molar refractivity (Wildman–Crippen MR) is 270 cm³/mol. The largest absolute Gasteiger partial charge is 0.462 e. The van der Waals surface area contributed by atoms with Crippen molar-refractivity contribution < 1.29 is 23.8 Å². The van der Waals surface area contributed by atoms with Crippen LogP contribution in [0.5, 0.6) is 0 Å². The first-order valence-corrected chi connectivity index (χ1v) is 26.8. The predicted octanol–water partition coefficient (Wildman–Crippen LogP) is 18.1. The van der Waals surface area contributed by atoms with Gasteiger partial charge >= 0.3 is 11.9 Å². The summed E-state index contributed by atoms with van der Waals surface area (Å²) in [5, 5.41) is 0. The van der Waals surface area contributed by atoms with Crippen LogP contribution >= 0.6 is 0 Å². The molecule has 0 bridgehead atoms. The summed E-state index contributed by atoms with van der Waals surface area (Å²) in [6.45, 7) is 7.72. The van der Waals surface area contributed by atoms with Gasteiger partial charge in [0.05, 0.1) is 6.61 Å². The third-order valence-corrected chi connectivity index (χ3v) is 11.5. The van der Waals surface area contributed by atoms with Crippen LogP contribution in [-0.4, -0.2) is 37.9 Å². The molecule has 0 amide bonds. The van der Waals surface area contributed by atoms with Crippen molar-refractivity contribution in [1.82, 2.24) is 0 Å². The molecule has 0 fully saturated rings. The van der Waals surface area contributed by atoms with E-state index in [1.165, 1.54) is 161 Å². The molecule has 62 heavy (non-hydrogen) atoms. The first-order chi connectivity index (χ1) is 30.6. The molecule has 360 valence electrons. The standard InChI is InChI=1S/C57H102O5/c1-4-7-10-13-16-19-22-25-28-29-31-32-35-38-41-44-47-50-56(58)61-54-55(53-60-52-49-46-43-40-37-34-27-24-21-18-15-12-9-6-3)62-57(59)51-48-45-42-39-36-33-30-26-23-20-17-14-11-8-5-2/h12,15-16,19,21,24-26,28,30,55H,4-11,13-14,17-18,20,22-23,27,29,31-54H2,1-3H3/b15-12-,19-16-,24-21-,28-25-,30-26-. The van der Waals surface area contributed by atoms with Crippen molar-refractivity contribution in [2.45, 2.75) is 271 Å². The van der Waals surface area contributed by atoms with Gasteiger partial charge in [-0.2, -0.15) is 0 Å². The van der Waals surface area contributed by atoms with Gasteiger partial charge in [0.1, 0.15) is 6.61 Å². The fourth-order valence-electron chi connectivity index (χ4n) is 7.46. The number of carbonyl (C=O) groups excluding carboxylic acids is 2. The zero-order valence-electron chi connectivity index (χ0n) is 41.4. The molecule has 0 aliphatic heterocycles. The molecule has 0 aliphatic rings. The van der Waals surface area contributed by atoms with Crippen LogP contribution in [0.1, 0.15) is 265 Å². The van der Waals surface area contributed by atoms with E-state index in [0.717, 1.165) is 70.6 Å². The van der Waals surface area contributed by atoms with E-state index in [9.17, 15) is 9.59 Å². The zero-order chi connectivity index (χ0) is 44.9. The van der Waals surface area contributed by atoms with Crippen LogP contribution in [0.15, 0.2) is 60.8 Å². The molecular formula is C57H102O5. The van der Waals surface area contributed by atoms with Crippen LogP contribution in [0.2, 0.25) is 0 Å². The normalized spacial score (nSPS) is 12.6. The Hall–Kier alpha value is -2.40. The van der Waals surface area contributed by atoms with Crippen molar-refractivity contribution in [3.05, 3.63) is 60.8 Å². The molecule has 0 aromatic rings. The molecule has 5 nitrogen and oxygen atoms in total. The molecule has 0 aromatic heterocycles. The highest BCUT2D eigenvalue weighted by atomic mass is 16.6. The number of allylic oxidation sites excluding steroid dienone is 10. The van der Waals surface area contributed by atoms with Gasteiger partial charge in [-0.1, -0.05) is 210 Å². The number of unbranched alkanes of at least 4 members (excludes halogenated alkanes) is 28. The summed E-state index contributed by atoms with van der Waals surface area (Å²) in [7, 11) is 0. The second kappa shape index (κ2) is 52.9. The van der Waals surface area contributed by atoms with Gasteiger partial charge in [0.25, 0.3) is 0 Å². The van der Waals surface area contributed by atoms with Crippen LogP contribution in [0, 0.1) is 0 Å². The minimum absolute atomic E-state index is 0.0735. The van der Waals surface area contributed by atoms with Gasteiger partial charge < -0.3 is 14.2 Å². The fourth-order valence-corrected chi connectivity index (χ4v) is 7.46. The maximum Gasteiger partial charge on any atom is 0.306 e. The minimum Gasteiger partial charge on any atom is -0.462 e. The maximum atomic E-state index is 12.8. The summed E-state index contributed by atoms with van der Waals surface area (Å²) in [4.78, 5) is 25.4. The Morgan fingerprint density at radius 1 is 0.355 bits per heavy atom. The Kier molecular flexibility index (Phi) is 50.9. The van der Waals surface area contributed by atoms with Gasteiger partial charge in [-0.15, -0.1) is 0 Å². The summed E-state index contributed by atoms with van der Waals surface area (Å²) < 4.78 is 17.4. The molecule has 0 N–H and O–H groups in total. The van der Waals surface area contributed by atoms with Gasteiger partial charge in [-0.3, -0.25) is 9.59 Å². The third-order valence-electron chi connectivity index (χ3n) is 11.5. The molecule has 1 atom stereocenters. The van der Waals surface area contributed by atoms with Crippen molar-refractivity contribution >= 4 is 11.9 Å². The third kappa shape index (κ3) is 50.2. The highest BCUT2D eigenvalue weighted by Crippen LogP contribution is 2.14. The van der Waals surface area contributed by atoms with Crippen LogP contribution in [0.3, 0.4) is 0 Å². The Morgan fingerprint density at radius 2 is 0.710 bits per heavy atom. The lowest BCUT2D eigenvalue weighted by Gasteiger charge is -2.18. The monoisotopic (exact) mass is 867 g/mol. The first-order valence-electron chi connectivity index (χ1n) is 26.8. The van der Waals surface area contributed by atoms with Gasteiger partial charge in [-0.25, -0.2) is 0 Å². The molecule has 0 saturated heterocycles. The van der Waals surface area contributed by atoms with Gasteiger partial charge in [0, 0.05) is 19.4 Å². The number of esters is 2. The molecule has 0 spiro atoms.